The van der Waals surface area contributed by atoms with Gasteiger partial charge in [0.15, 0.2) is 0 Å². The Labute approximate surface area is 96.6 Å². The molecule has 0 fully saturated rings. The Bertz CT molecular complexity index is 540. The highest BCUT2D eigenvalue weighted by atomic mass is 35.5. The normalized spacial score (nSPS) is 9.93. The Morgan fingerprint density at radius 3 is 2.47 bits per heavy atom. The molecule has 0 aliphatic heterocycles. The third-order valence-corrected chi connectivity index (χ3v) is 2.66. The van der Waals surface area contributed by atoms with Crippen molar-refractivity contribution in [3.05, 3.63) is 46.1 Å². The van der Waals surface area contributed by atoms with Crippen LogP contribution in [0.1, 0.15) is 5.76 Å². The molecular formula is C11H5Cl2NO. The van der Waals surface area contributed by atoms with Crippen molar-refractivity contribution in [2.45, 2.75) is 0 Å². The molecule has 2 nitrogen and oxygen atoms in total. The average Bonchev–Trinajstić information content (AvgIpc) is 2.70. The van der Waals surface area contributed by atoms with E-state index in [4.69, 9.17) is 32.9 Å². The lowest BCUT2D eigenvalue weighted by atomic mass is 10.2. The molecule has 0 radical (unpaired) electrons. The molecule has 0 atom stereocenters. The van der Waals surface area contributed by atoms with E-state index in [9.17, 15) is 0 Å². The second-order valence-corrected chi connectivity index (χ2v) is 3.72. The lowest BCUT2D eigenvalue weighted by Crippen LogP contribution is -1.74. The zero-order valence-corrected chi connectivity index (χ0v) is 9.01. The third kappa shape index (κ3) is 1.99. The Morgan fingerprint density at radius 1 is 1.07 bits per heavy atom. The van der Waals surface area contributed by atoms with E-state index in [1.807, 2.05) is 6.07 Å². The molecule has 0 saturated carbocycles. The van der Waals surface area contributed by atoms with Gasteiger partial charge in [-0.25, -0.2) is 0 Å². The molecule has 0 aliphatic rings. The van der Waals surface area contributed by atoms with Gasteiger partial charge in [0.1, 0.15) is 11.8 Å². The molecular weight excluding hydrogens is 233 g/mol. The second-order valence-electron chi connectivity index (χ2n) is 2.90. The molecule has 0 spiro atoms. The molecule has 0 aliphatic carbocycles. The van der Waals surface area contributed by atoms with E-state index in [1.54, 1.807) is 30.3 Å². The predicted octanol–water partition coefficient (Wildman–Crippen LogP) is 4.13. The molecule has 2 rings (SSSR count). The van der Waals surface area contributed by atoms with Crippen LogP contribution in [-0.4, -0.2) is 0 Å². The topological polar surface area (TPSA) is 36.9 Å². The summed E-state index contributed by atoms with van der Waals surface area (Å²) in [6, 6.07) is 10.4. The van der Waals surface area contributed by atoms with Gasteiger partial charge < -0.3 is 4.42 Å². The van der Waals surface area contributed by atoms with Crippen LogP contribution in [-0.2, 0) is 0 Å². The lowest BCUT2D eigenvalue weighted by molar-refractivity contribution is 0.567. The van der Waals surface area contributed by atoms with Crippen molar-refractivity contribution in [1.29, 1.82) is 5.26 Å². The van der Waals surface area contributed by atoms with Crippen LogP contribution in [0.3, 0.4) is 0 Å². The van der Waals surface area contributed by atoms with E-state index in [0.717, 1.165) is 5.56 Å². The average molecular weight is 238 g/mol. The summed E-state index contributed by atoms with van der Waals surface area (Å²) in [5, 5.41) is 9.56. The van der Waals surface area contributed by atoms with Crippen molar-refractivity contribution in [3.8, 4) is 17.4 Å². The number of hydrogen-bond donors (Lipinski definition) is 0. The molecule has 4 heteroatoms. The zero-order chi connectivity index (χ0) is 10.8. The molecule has 1 aromatic carbocycles. The minimum Gasteiger partial charge on any atom is -0.446 e. The van der Waals surface area contributed by atoms with Crippen molar-refractivity contribution in [1.82, 2.24) is 0 Å². The number of furan rings is 1. The van der Waals surface area contributed by atoms with Gasteiger partial charge in [-0.05, 0) is 30.3 Å². The summed E-state index contributed by atoms with van der Waals surface area (Å²) in [5.41, 5.74) is 0.797. The monoisotopic (exact) mass is 237 g/mol. The summed E-state index contributed by atoms with van der Waals surface area (Å²) in [4.78, 5) is 0. The van der Waals surface area contributed by atoms with E-state index in [1.165, 1.54) is 0 Å². The zero-order valence-electron chi connectivity index (χ0n) is 7.50. The summed E-state index contributed by atoms with van der Waals surface area (Å²) in [7, 11) is 0. The van der Waals surface area contributed by atoms with Crippen LogP contribution in [0.4, 0.5) is 0 Å². The van der Waals surface area contributed by atoms with Crippen molar-refractivity contribution >= 4 is 23.2 Å². The maximum atomic E-state index is 8.61. The summed E-state index contributed by atoms with van der Waals surface area (Å²) < 4.78 is 5.25. The van der Waals surface area contributed by atoms with Crippen molar-refractivity contribution in [3.63, 3.8) is 0 Å². The molecule has 0 saturated heterocycles. The molecule has 15 heavy (non-hydrogen) atoms. The van der Waals surface area contributed by atoms with Crippen molar-refractivity contribution in [2.24, 2.45) is 0 Å². The van der Waals surface area contributed by atoms with Crippen LogP contribution < -0.4 is 0 Å². The standard InChI is InChI=1S/C11H5Cl2NO/c12-9-3-1-7(5-10(9)13)11-4-2-8(6-14)15-11/h1-5H. The van der Waals surface area contributed by atoms with Gasteiger partial charge in [0, 0.05) is 5.56 Å². The first-order chi connectivity index (χ1) is 7.20. The molecule has 0 bridgehead atoms. The van der Waals surface area contributed by atoms with E-state index < -0.39 is 0 Å². The third-order valence-electron chi connectivity index (χ3n) is 1.92. The van der Waals surface area contributed by atoms with Gasteiger partial charge in [-0.2, -0.15) is 5.26 Å². The fraction of sp³-hybridized carbons (Fsp3) is 0. The summed E-state index contributed by atoms with van der Waals surface area (Å²) in [6.45, 7) is 0. The summed E-state index contributed by atoms with van der Waals surface area (Å²) in [5.74, 6) is 0.876. The van der Waals surface area contributed by atoms with Gasteiger partial charge in [0.2, 0.25) is 5.76 Å². The van der Waals surface area contributed by atoms with E-state index in [2.05, 4.69) is 0 Å². The number of nitriles is 1. The predicted molar refractivity (Wildman–Crippen MR) is 58.9 cm³/mol. The molecule has 0 amide bonds. The SMILES string of the molecule is N#Cc1ccc(-c2ccc(Cl)c(Cl)c2)o1. The molecule has 2 aromatic rings. The van der Waals surface area contributed by atoms with Crippen molar-refractivity contribution in [2.75, 3.05) is 0 Å². The van der Waals surface area contributed by atoms with E-state index in [-0.39, 0.29) is 5.76 Å². The molecule has 0 unspecified atom stereocenters. The highest BCUT2D eigenvalue weighted by Crippen LogP contribution is 2.29. The highest BCUT2D eigenvalue weighted by molar-refractivity contribution is 6.42. The minimum absolute atomic E-state index is 0.274. The number of benzene rings is 1. The molecule has 1 heterocycles. The Balaban J connectivity index is 2.46. The number of hydrogen-bond acceptors (Lipinski definition) is 2. The van der Waals surface area contributed by atoms with Gasteiger partial charge >= 0.3 is 0 Å². The van der Waals surface area contributed by atoms with Gasteiger partial charge in [0.05, 0.1) is 10.0 Å². The van der Waals surface area contributed by atoms with Crippen LogP contribution in [0.25, 0.3) is 11.3 Å². The second kappa shape index (κ2) is 3.98. The van der Waals surface area contributed by atoms with E-state index in [0.29, 0.717) is 15.8 Å². The van der Waals surface area contributed by atoms with Crippen LogP contribution in [0.2, 0.25) is 10.0 Å². The maximum absolute atomic E-state index is 8.61. The van der Waals surface area contributed by atoms with Gasteiger partial charge in [-0.3, -0.25) is 0 Å². The fourth-order valence-corrected chi connectivity index (χ4v) is 1.50. The molecule has 1 aromatic heterocycles. The first-order valence-corrected chi connectivity index (χ1v) is 4.91. The molecule has 74 valence electrons. The minimum atomic E-state index is 0.274. The summed E-state index contributed by atoms with van der Waals surface area (Å²) in [6.07, 6.45) is 0. The van der Waals surface area contributed by atoms with Gasteiger partial charge in [0.25, 0.3) is 0 Å². The summed E-state index contributed by atoms with van der Waals surface area (Å²) >= 11 is 11.7. The van der Waals surface area contributed by atoms with Crippen molar-refractivity contribution < 1.29 is 4.42 Å². The van der Waals surface area contributed by atoms with Crippen LogP contribution in [0.15, 0.2) is 34.7 Å². The molecule has 0 N–H and O–H groups in total. The Kier molecular flexibility index (Phi) is 2.68. The first-order valence-electron chi connectivity index (χ1n) is 4.16. The Morgan fingerprint density at radius 2 is 1.87 bits per heavy atom. The van der Waals surface area contributed by atoms with Crippen LogP contribution in [0, 0.1) is 11.3 Å². The van der Waals surface area contributed by atoms with Crippen LogP contribution >= 0.6 is 23.2 Å². The fourth-order valence-electron chi connectivity index (χ4n) is 1.20. The van der Waals surface area contributed by atoms with E-state index >= 15 is 0 Å². The lowest BCUT2D eigenvalue weighted by Gasteiger charge is -1.99. The quantitative estimate of drug-likeness (QED) is 0.748. The highest BCUT2D eigenvalue weighted by Gasteiger charge is 2.06. The first kappa shape index (κ1) is 10.1. The number of rotatable bonds is 1. The van der Waals surface area contributed by atoms with Gasteiger partial charge in [-0.1, -0.05) is 23.2 Å². The smallest absolute Gasteiger partial charge is 0.204 e. The number of nitrogens with zero attached hydrogens (tertiary/aromatic N) is 1. The van der Waals surface area contributed by atoms with Crippen LogP contribution in [0.5, 0.6) is 0 Å². The number of halogens is 2. The Hall–Kier alpha value is -1.43. The maximum Gasteiger partial charge on any atom is 0.204 e. The van der Waals surface area contributed by atoms with Gasteiger partial charge in [-0.15, -0.1) is 0 Å². The largest absolute Gasteiger partial charge is 0.446 e.